The van der Waals surface area contributed by atoms with Crippen LogP contribution in [0, 0.1) is 0 Å². The van der Waals surface area contributed by atoms with E-state index < -0.39 is 0 Å². The molecule has 1 aliphatic heterocycles. The van der Waals surface area contributed by atoms with Gasteiger partial charge in [0.15, 0.2) is 5.78 Å². The second-order valence-corrected chi connectivity index (χ2v) is 6.86. The third-order valence-electron chi connectivity index (χ3n) is 4.79. The van der Waals surface area contributed by atoms with E-state index in [1.165, 1.54) is 38.5 Å². The first-order valence-electron chi connectivity index (χ1n) is 9.02. The smallest absolute Gasteiger partial charge is 0.223 e. The molecule has 5 nitrogen and oxygen atoms in total. The second kappa shape index (κ2) is 8.63. The van der Waals surface area contributed by atoms with Gasteiger partial charge in [-0.25, -0.2) is 10.9 Å². The van der Waals surface area contributed by atoms with Gasteiger partial charge in [-0.3, -0.25) is 9.59 Å². The summed E-state index contributed by atoms with van der Waals surface area (Å²) in [5, 5.41) is 2.88. The number of carbonyl (C=O) groups is 2. The van der Waals surface area contributed by atoms with Crippen molar-refractivity contribution in [2.75, 3.05) is 0 Å². The summed E-state index contributed by atoms with van der Waals surface area (Å²) in [4.78, 5) is 23.6. The lowest BCUT2D eigenvalue weighted by atomic mass is 10.0. The first kappa shape index (κ1) is 17.4. The van der Waals surface area contributed by atoms with Crippen LogP contribution >= 0.6 is 0 Å². The summed E-state index contributed by atoms with van der Waals surface area (Å²) in [6.45, 7) is 2.23. The summed E-state index contributed by atoms with van der Waals surface area (Å²) in [6.07, 6.45) is 12.7. The van der Waals surface area contributed by atoms with Gasteiger partial charge in [0.25, 0.3) is 0 Å². The van der Waals surface area contributed by atoms with E-state index in [-0.39, 0.29) is 23.4 Å². The Bertz CT molecular complexity index is 380. The fourth-order valence-electron chi connectivity index (χ4n) is 3.26. The normalized spacial score (nSPS) is 22.8. The highest BCUT2D eigenvalue weighted by Gasteiger charge is 2.43. The average molecular weight is 309 g/mol. The SMILES string of the molecule is CCCCCCCCCC1(CC(=O)NC2CCCC2=O)NN1. The summed E-state index contributed by atoms with van der Waals surface area (Å²) in [5.74, 6) is 0.173. The van der Waals surface area contributed by atoms with Crippen LogP contribution in [-0.4, -0.2) is 23.4 Å². The molecule has 0 aromatic rings. The summed E-state index contributed by atoms with van der Waals surface area (Å²) in [7, 11) is 0. The molecule has 0 bridgehead atoms. The lowest BCUT2D eigenvalue weighted by Crippen LogP contribution is -2.40. The number of carbonyl (C=O) groups excluding carboxylic acids is 2. The van der Waals surface area contributed by atoms with Gasteiger partial charge in [-0.05, 0) is 19.3 Å². The highest BCUT2D eigenvalue weighted by atomic mass is 16.2. The maximum atomic E-state index is 12.1. The molecule has 1 amide bonds. The topological polar surface area (TPSA) is 90.0 Å². The molecular weight excluding hydrogens is 278 g/mol. The van der Waals surface area contributed by atoms with Crippen LogP contribution in [-0.2, 0) is 9.59 Å². The molecule has 0 aromatic heterocycles. The number of amides is 1. The number of hydrogen-bond acceptors (Lipinski definition) is 4. The van der Waals surface area contributed by atoms with Gasteiger partial charge in [0.1, 0.15) is 5.66 Å². The van der Waals surface area contributed by atoms with Crippen LogP contribution in [0.4, 0.5) is 0 Å². The maximum absolute atomic E-state index is 12.1. The minimum absolute atomic E-state index is 0.0132. The third kappa shape index (κ3) is 5.69. The van der Waals surface area contributed by atoms with Crippen molar-refractivity contribution in [3.63, 3.8) is 0 Å². The van der Waals surface area contributed by atoms with Crippen molar-refractivity contribution in [3.05, 3.63) is 0 Å². The van der Waals surface area contributed by atoms with Gasteiger partial charge in [0.05, 0.1) is 12.5 Å². The first-order valence-corrected chi connectivity index (χ1v) is 9.02. The molecule has 1 saturated carbocycles. The fourth-order valence-corrected chi connectivity index (χ4v) is 3.26. The molecule has 22 heavy (non-hydrogen) atoms. The Morgan fingerprint density at radius 3 is 2.45 bits per heavy atom. The molecule has 2 rings (SSSR count). The van der Waals surface area contributed by atoms with Crippen molar-refractivity contribution in [1.29, 1.82) is 0 Å². The molecule has 1 atom stereocenters. The summed E-state index contributed by atoms with van der Waals surface area (Å²) < 4.78 is 0. The van der Waals surface area contributed by atoms with Gasteiger partial charge < -0.3 is 5.32 Å². The molecule has 1 aliphatic carbocycles. The number of hydrazine groups is 1. The molecule has 3 N–H and O–H groups in total. The Labute approximate surface area is 134 Å². The maximum Gasteiger partial charge on any atom is 0.223 e. The Hall–Kier alpha value is -0.940. The second-order valence-electron chi connectivity index (χ2n) is 6.86. The Morgan fingerprint density at radius 1 is 1.18 bits per heavy atom. The fraction of sp³-hybridized carbons (Fsp3) is 0.882. The molecule has 0 radical (unpaired) electrons. The van der Waals surface area contributed by atoms with Gasteiger partial charge in [-0.1, -0.05) is 51.9 Å². The quantitative estimate of drug-likeness (QED) is 0.404. The number of ketones is 1. The molecule has 126 valence electrons. The van der Waals surface area contributed by atoms with Crippen molar-refractivity contribution >= 4 is 11.7 Å². The number of Topliss-reactive ketones (excluding diaryl/α,β-unsaturated/α-hetero) is 1. The Kier molecular flexibility index (Phi) is 6.83. The number of hydrogen-bond donors (Lipinski definition) is 3. The van der Waals surface area contributed by atoms with Gasteiger partial charge in [0.2, 0.25) is 5.91 Å². The minimum atomic E-state index is -0.234. The van der Waals surface area contributed by atoms with Gasteiger partial charge in [0, 0.05) is 6.42 Å². The van der Waals surface area contributed by atoms with E-state index in [2.05, 4.69) is 23.1 Å². The van der Waals surface area contributed by atoms with E-state index in [0.717, 1.165) is 25.7 Å². The number of rotatable bonds is 11. The molecule has 1 unspecified atom stereocenters. The molecule has 1 heterocycles. The number of nitrogens with one attached hydrogen (secondary N) is 3. The summed E-state index contributed by atoms with van der Waals surface area (Å²) in [5.41, 5.74) is 6.05. The minimum Gasteiger partial charge on any atom is -0.346 e. The zero-order valence-corrected chi connectivity index (χ0v) is 13.9. The summed E-state index contributed by atoms with van der Waals surface area (Å²) in [6, 6.07) is -0.234. The van der Waals surface area contributed by atoms with Gasteiger partial charge in [-0.2, -0.15) is 0 Å². The standard InChI is InChI=1S/C17H31N3O2/c1-2-3-4-5-6-7-8-12-17(19-20-17)13-16(22)18-14-10-9-11-15(14)21/h14,19-20H,2-13H2,1H3,(H,18,22). The summed E-state index contributed by atoms with van der Waals surface area (Å²) >= 11 is 0. The lowest BCUT2D eigenvalue weighted by molar-refractivity contribution is -0.127. The zero-order valence-electron chi connectivity index (χ0n) is 13.9. The third-order valence-corrected chi connectivity index (χ3v) is 4.79. The van der Waals surface area contributed by atoms with Crippen molar-refractivity contribution in [2.45, 2.75) is 95.7 Å². The van der Waals surface area contributed by atoms with E-state index in [0.29, 0.717) is 12.8 Å². The van der Waals surface area contributed by atoms with E-state index >= 15 is 0 Å². The molecule has 0 spiro atoms. The highest BCUT2D eigenvalue weighted by molar-refractivity contribution is 5.90. The van der Waals surface area contributed by atoms with Crippen molar-refractivity contribution in [2.24, 2.45) is 0 Å². The molecule has 5 heteroatoms. The van der Waals surface area contributed by atoms with Crippen LogP contribution in [0.25, 0.3) is 0 Å². The van der Waals surface area contributed by atoms with Crippen molar-refractivity contribution in [1.82, 2.24) is 16.2 Å². The van der Waals surface area contributed by atoms with Gasteiger partial charge in [-0.15, -0.1) is 0 Å². The Morgan fingerprint density at radius 2 is 1.86 bits per heavy atom. The van der Waals surface area contributed by atoms with Crippen LogP contribution in [0.15, 0.2) is 0 Å². The van der Waals surface area contributed by atoms with Crippen LogP contribution < -0.4 is 16.2 Å². The predicted octanol–water partition coefficient (Wildman–Crippen LogP) is 2.56. The Balaban J connectivity index is 1.56. The molecule has 2 fully saturated rings. The lowest BCUT2D eigenvalue weighted by Gasteiger charge is -2.15. The van der Waals surface area contributed by atoms with Crippen molar-refractivity contribution < 1.29 is 9.59 Å². The zero-order chi connectivity index (χ0) is 15.8. The van der Waals surface area contributed by atoms with Crippen LogP contribution in [0.1, 0.15) is 84.0 Å². The van der Waals surface area contributed by atoms with Crippen LogP contribution in [0.3, 0.4) is 0 Å². The largest absolute Gasteiger partial charge is 0.346 e. The van der Waals surface area contributed by atoms with E-state index in [1.54, 1.807) is 0 Å². The molecule has 2 aliphatic rings. The average Bonchev–Trinajstić information content (AvgIpc) is 3.13. The van der Waals surface area contributed by atoms with Gasteiger partial charge >= 0.3 is 0 Å². The molecule has 0 aromatic carbocycles. The van der Waals surface area contributed by atoms with Crippen molar-refractivity contribution in [3.8, 4) is 0 Å². The van der Waals surface area contributed by atoms with Crippen LogP contribution in [0.5, 0.6) is 0 Å². The van der Waals surface area contributed by atoms with E-state index in [1.807, 2.05) is 0 Å². The monoisotopic (exact) mass is 309 g/mol. The predicted molar refractivity (Wildman–Crippen MR) is 87.0 cm³/mol. The molecule has 1 saturated heterocycles. The van der Waals surface area contributed by atoms with Crippen LogP contribution in [0.2, 0.25) is 0 Å². The highest BCUT2D eigenvalue weighted by Crippen LogP contribution is 2.24. The van der Waals surface area contributed by atoms with E-state index in [9.17, 15) is 9.59 Å². The number of unbranched alkanes of at least 4 members (excludes halogenated alkanes) is 6. The first-order chi connectivity index (χ1) is 10.7. The molecular formula is C17H31N3O2. The van der Waals surface area contributed by atoms with E-state index in [4.69, 9.17) is 0 Å².